The first kappa shape index (κ1) is 10.6. The van der Waals surface area contributed by atoms with E-state index in [0.717, 1.165) is 0 Å². The zero-order chi connectivity index (χ0) is 10.6. The smallest absolute Gasteiger partial charge is 0.322 e. The normalized spacial score (nSPS) is 12.2. The standard InChI is InChI=1S/C9H11FN2O2/c1-14-9(13)7(11)5-6-3-2-4-12-8(6)10/h2-4,7H,5,11H2,1H3/t7-/m1/s1. The summed E-state index contributed by atoms with van der Waals surface area (Å²) in [5.41, 5.74) is 5.77. The molecule has 1 rings (SSSR count). The van der Waals surface area contributed by atoms with Crippen LogP contribution in [0, 0.1) is 5.95 Å². The average molecular weight is 198 g/mol. The molecule has 0 aliphatic carbocycles. The van der Waals surface area contributed by atoms with Gasteiger partial charge in [-0.25, -0.2) is 4.98 Å². The molecule has 1 heterocycles. The van der Waals surface area contributed by atoms with Gasteiger partial charge in [-0.15, -0.1) is 0 Å². The number of esters is 1. The first-order chi connectivity index (χ1) is 6.65. The van der Waals surface area contributed by atoms with Gasteiger partial charge in [-0.2, -0.15) is 4.39 Å². The van der Waals surface area contributed by atoms with Crippen molar-refractivity contribution in [1.29, 1.82) is 0 Å². The van der Waals surface area contributed by atoms with Crippen LogP contribution in [0.5, 0.6) is 0 Å². The number of pyridine rings is 1. The third-order valence-electron chi connectivity index (χ3n) is 1.78. The Morgan fingerprint density at radius 2 is 2.50 bits per heavy atom. The van der Waals surface area contributed by atoms with Gasteiger partial charge in [0.1, 0.15) is 6.04 Å². The highest BCUT2D eigenvalue weighted by Crippen LogP contribution is 2.06. The van der Waals surface area contributed by atoms with E-state index in [-0.39, 0.29) is 6.42 Å². The highest BCUT2D eigenvalue weighted by molar-refractivity contribution is 5.75. The zero-order valence-corrected chi connectivity index (χ0v) is 7.74. The second-order valence-electron chi connectivity index (χ2n) is 2.79. The number of methoxy groups -OCH3 is 1. The third kappa shape index (κ3) is 2.50. The molecular formula is C9H11FN2O2. The number of nitrogens with two attached hydrogens (primary N) is 1. The molecule has 0 amide bonds. The Morgan fingerprint density at radius 3 is 3.07 bits per heavy atom. The van der Waals surface area contributed by atoms with Gasteiger partial charge in [-0.05, 0) is 6.07 Å². The predicted octanol–water partition coefficient (Wildman–Crippen LogP) is 0.263. The molecule has 2 N–H and O–H groups in total. The molecule has 0 aliphatic heterocycles. The minimum Gasteiger partial charge on any atom is -0.468 e. The fraction of sp³-hybridized carbons (Fsp3) is 0.333. The summed E-state index contributed by atoms with van der Waals surface area (Å²) in [6.45, 7) is 0. The lowest BCUT2D eigenvalue weighted by Crippen LogP contribution is -2.33. The van der Waals surface area contributed by atoms with Crippen molar-refractivity contribution in [3.8, 4) is 0 Å². The van der Waals surface area contributed by atoms with Crippen molar-refractivity contribution in [2.75, 3.05) is 7.11 Å². The van der Waals surface area contributed by atoms with Gasteiger partial charge in [0, 0.05) is 18.2 Å². The predicted molar refractivity (Wildman–Crippen MR) is 47.9 cm³/mol. The average Bonchev–Trinajstić information content (AvgIpc) is 2.20. The summed E-state index contributed by atoms with van der Waals surface area (Å²) in [6, 6.07) is 2.27. The van der Waals surface area contributed by atoms with E-state index < -0.39 is 18.0 Å². The van der Waals surface area contributed by atoms with E-state index in [0.29, 0.717) is 5.56 Å². The van der Waals surface area contributed by atoms with Crippen LogP contribution in [0.1, 0.15) is 5.56 Å². The molecule has 0 radical (unpaired) electrons. The summed E-state index contributed by atoms with van der Waals surface area (Å²) in [5.74, 6) is -1.17. The Bertz CT molecular complexity index is 330. The summed E-state index contributed by atoms with van der Waals surface area (Å²) in [5, 5.41) is 0. The maximum atomic E-state index is 13.0. The number of nitrogens with zero attached hydrogens (tertiary/aromatic N) is 1. The number of rotatable bonds is 3. The van der Waals surface area contributed by atoms with Gasteiger partial charge in [0.25, 0.3) is 0 Å². The van der Waals surface area contributed by atoms with Gasteiger partial charge in [0.05, 0.1) is 7.11 Å². The van der Waals surface area contributed by atoms with E-state index in [1.165, 1.54) is 19.4 Å². The quantitative estimate of drug-likeness (QED) is 0.559. The molecule has 14 heavy (non-hydrogen) atoms. The number of ether oxygens (including phenoxy) is 1. The number of carbonyl (C=O) groups excluding carboxylic acids is 1. The van der Waals surface area contributed by atoms with E-state index in [1.807, 2.05) is 0 Å². The largest absolute Gasteiger partial charge is 0.468 e. The van der Waals surface area contributed by atoms with Gasteiger partial charge >= 0.3 is 5.97 Å². The maximum absolute atomic E-state index is 13.0. The second kappa shape index (κ2) is 4.66. The van der Waals surface area contributed by atoms with E-state index in [2.05, 4.69) is 9.72 Å². The van der Waals surface area contributed by atoms with Crippen molar-refractivity contribution in [3.05, 3.63) is 29.8 Å². The van der Waals surface area contributed by atoms with Gasteiger partial charge in [0.15, 0.2) is 0 Å². The monoisotopic (exact) mass is 198 g/mol. The molecule has 1 aromatic rings. The highest BCUT2D eigenvalue weighted by atomic mass is 19.1. The van der Waals surface area contributed by atoms with E-state index in [1.54, 1.807) is 6.07 Å². The summed E-state index contributed by atoms with van der Waals surface area (Å²) < 4.78 is 17.4. The van der Waals surface area contributed by atoms with Crippen molar-refractivity contribution in [2.45, 2.75) is 12.5 Å². The van der Waals surface area contributed by atoms with Crippen molar-refractivity contribution in [2.24, 2.45) is 5.73 Å². The van der Waals surface area contributed by atoms with Crippen molar-refractivity contribution in [1.82, 2.24) is 4.98 Å². The lowest BCUT2D eigenvalue weighted by atomic mass is 10.1. The molecule has 76 valence electrons. The van der Waals surface area contributed by atoms with Crippen LogP contribution < -0.4 is 5.73 Å². The number of halogens is 1. The maximum Gasteiger partial charge on any atom is 0.322 e. The van der Waals surface area contributed by atoms with Crippen LogP contribution in [0.25, 0.3) is 0 Å². The minimum absolute atomic E-state index is 0.0896. The molecule has 0 saturated heterocycles. The van der Waals surface area contributed by atoms with Gasteiger partial charge in [-0.1, -0.05) is 6.07 Å². The number of hydrogen-bond donors (Lipinski definition) is 1. The van der Waals surface area contributed by atoms with Gasteiger partial charge < -0.3 is 10.5 Å². The first-order valence-corrected chi connectivity index (χ1v) is 4.08. The molecule has 0 spiro atoms. The summed E-state index contributed by atoms with van der Waals surface area (Å²) in [6.07, 6.45) is 1.43. The molecule has 0 saturated carbocycles. The van der Waals surface area contributed by atoms with Crippen LogP contribution in [0.4, 0.5) is 4.39 Å². The lowest BCUT2D eigenvalue weighted by Gasteiger charge is -2.08. The van der Waals surface area contributed by atoms with Crippen LogP contribution in [-0.4, -0.2) is 24.1 Å². The number of carbonyl (C=O) groups is 1. The van der Waals surface area contributed by atoms with Crippen LogP contribution in [-0.2, 0) is 16.0 Å². The summed E-state index contributed by atoms with van der Waals surface area (Å²) in [4.78, 5) is 14.4. The fourth-order valence-corrected chi connectivity index (χ4v) is 1.04. The molecular weight excluding hydrogens is 187 g/mol. The molecule has 0 bridgehead atoms. The third-order valence-corrected chi connectivity index (χ3v) is 1.78. The number of hydrogen-bond acceptors (Lipinski definition) is 4. The lowest BCUT2D eigenvalue weighted by molar-refractivity contribution is -0.142. The molecule has 1 atom stereocenters. The molecule has 4 nitrogen and oxygen atoms in total. The van der Waals surface area contributed by atoms with Crippen LogP contribution in [0.3, 0.4) is 0 Å². The Balaban J connectivity index is 2.69. The van der Waals surface area contributed by atoms with Crippen LogP contribution in [0.15, 0.2) is 18.3 Å². The molecule has 0 unspecified atom stereocenters. The Morgan fingerprint density at radius 1 is 1.79 bits per heavy atom. The topological polar surface area (TPSA) is 65.2 Å². The Labute approximate surface area is 80.9 Å². The molecule has 1 aromatic heterocycles. The Kier molecular flexibility index (Phi) is 3.53. The summed E-state index contributed by atoms with van der Waals surface area (Å²) in [7, 11) is 1.24. The second-order valence-corrected chi connectivity index (χ2v) is 2.79. The van der Waals surface area contributed by atoms with Crippen molar-refractivity contribution in [3.63, 3.8) is 0 Å². The summed E-state index contributed by atoms with van der Waals surface area (Å²) >= 11 is 0. The minimum atomic E-state index is -0.848. The first-order valence-electron chi connectivity index (χ1n) is 4.08. The van der Waals surface area contributed by atoms with E-state index >= 15 is 0 Å². The van der Waals surface area contributed by atoms with Crippen LogP contribution >= 0.6 is 0 Å². The van der Waals surface area contributed by atoms with Crippen LogP contribution in [0.2, 0.25) is 0 Å². The fourth-order valence-electron chi connectivity index (χ4n) is 1.04. The zero-order valence-electron chi connectivity index (χ0n) is 7.74. The van der Waals surface area contributed by atoms with Gasteiger partial charge in [-0.3, -0.25) is 4.79 Å². The highest BCUT2D eigenvalue weighted by Gasteiger charge is 2.16. The van der Waals surface area contributed by atoms with Crippen molar-refractivity contribution >= 4 is 5.97 Å². The number of aromatic nitrogens is 1. The van der Waals surface area contributed by atoms with Gasteiger partial charge in [0.2, 0.25) is 5.95 Å². The van der Waals surface area contributed by atoms with E-state index in [9.17, 15) is 9.18 Å². The molecule has 0 fully saturated rings. The van der Waals surface area contributed by atoms with Crippen molar-refractivity contribution < 1.29 is 13.9 Å². The molecule has 5 heteroatoms. The molecule has 0 aliphatic rings. The Hall–Kier alpha value is -1.49. The SMILES string of the molecule is COC(=O)[C@H](N)Cc1cccnc1F. The molecule has 0 aromatic carbocycles. The van der Waals surface area contributed by atoms with E-state index in [4.69, 9.17) is 5.73 Å².